The van der Waals surface area contributed by atoms with Gasteiger partial charge in [-0.1, -0.05) is 18.2 Å². The fourth-order valence-corrected chi connectivity index (χ4v) is 7.47. The van der Waals surface area contributed by atoms with E-state index in [4.69, 9.17) is 4.74 Å². The van der Waals surface area contributed by atoms with Gasteiger partial charge in [-0.15, -0.1) is 10.2 Å². The average molecular weight is 630 g/mol. The number of halogens is 3. The van der Waals surface area contributed by atoms with Crippen molar-refractivity contribution < 1.29 is 36.2 Å². The van der Waals surface area contributed by atoms with Crippen molar-refractivity contribution in [1.29, 1.82) is 0 Å². The molecule has 1 N–H and O–H groups in total. The summed E-state index contributed by atoms with van der Waals surface area (Å²) in [6.45, 7) is 6.65. The number of carboxylic acid groups (broad SMARTS) is 1. The highest BCUT2D eigenvalue weighted by Crippen LogP contribution is 2.47. The molecule has 3 aromatic heterocycles. The van der Waals surface area contributed by atoms with Crippen molar-refractivity contribution in [1.82, 2.24) is 23.9 Å². The van der Waals surface area contributed by atoms with Gasteiger partial charge in [-0.05, 0) is 86.6 Å². The van der Waals surface area contributed by atoms with Crippen molar-refractivity contribution in [2.45, 2.75) is 69.7 Å². The molecule has 1 spiro atoms. The van der Waals surface area contributed by atoms with Crippen LogP contribution in [0.15, 0.2) is 53.7 Å². The molecule has 1 unspecified atom stereocenters. The van der Waals surface area contributed by atoms with Gasteiger partial charge in [-0.2, -0.15) is 17.5 Å². The zero-order chi connectivity index (χ0) is 31.8. The first-order chi connectivity index (χ1) is 20.5. The van der Waals surface area contributed by atoms with Crippen molar-refractivity contribution in [2.75, 3.05) is 6.54 Å². The maximum atomic E-state index is 13.8. The molecule has 2 aliphatic rings. The highest BCUT2D eigenvalue weighted by molar-refractivity contribution is 7.89. The molecule has 0 amide bonds. The van der Waals surface area contributed by atoms with Crippen LogP contribution in [0.4, 0.5) is 13.2 Å². The zero-order valence-corrected chi connectivity index (χ0v) is 25.2. The number of alkyl halides is 3. The molecule has 44 heavy (non-hydrogen) atoms. The summed E-state index contributed by atoms with van der Waals surface area (Å²) in [7, 11) is -3.99. The number of aromatic nitrogens is 4. The predicted octanol–water partition coefficient (Wildman–Crippen LogP) is 5.12. The lowest BCUT2D eigenvalue weighted by Crippen LogP contribution is -2.38. The van der Waals surface area contributed by atoms with Gasteiger partial charge in [0, 0.05) is 24.9 Å². The summed E-state index contributed by atoms with van der Waals surface area (Å²) in [5, 5.41) is 17.4. The highest BCUT2D eigenvalue weighted by Gasteiger charge is 2.52. The maximum absolute atomic E-state index is 13.8. The second-order valence-electron chi connectivity index (χ2n) is 12.1. The van der Waals surface area contributed by atoms with Gasteiger partial charge in [-0.3, -0.25) is 9.20 Å². The molecule has 1 fully saturated rings. The zero-order valence-electron chi connectivity index (χ0n) is 24.4. The topological polar surface area (TPSA) is 127 Å². The second-order valence-corrected chi connectivity index (χ2v) is 14.0. The van der Waals surface area contributed by atoms with E-state index < -0.39 is 44.9 Å². The van der Waals surface area contributed by atoms with Crippen molar-refractivity contribution in [3.63, 3.8) is 0 Å². The van der Waals surface area contributed by atoms with E-state index >= 15 is 0 Å². The summed E-state index contributed by atoms with van der Waals surface area (Å²) in [6, 6.07) is 9.82. The molecule has 0 saturated heterocycles. The number of pyridine rings is 2. The monoisotopic (exact) mass is 629 g/mol. The third-order valence-electron chi connectivity index (χ3n) is 8.70. The molecule has 1 atom stereocenters. The summed E-state index contributed by atoms with van der Waals surface area (Å²) in [4.78, 5) is 16.8. The Balaban J connectivity index is 1.45. The van der Waals surface area contributed by atoms with Gasteiger partial charge in [0.25, 0.3) is 0 Å². The lowest BCUT2D eigenvalue weighted by atomic mass is 9.70. The van der Waals surface area contributed by atoms with E-state index in [9.17, 15) is 31.5 Å². The van der Waals surface area contributed by atoms with Crippen LogP contribution in [0.1, 0.15) is 66.2 Å². The molecule has 1 saturated carbocycles. The van der Waals surface area contributed by atoms with Crippen molar-refractivity contribution >= 4 is 21.6 Å². The number of sulfonamides is 1. The number of nitrogens with zero attached hydrogens (tertiary/aromatic N) is 5. The Labute approximate surface area is 251 Å². The minimum absolute atomic E-state index is 0.00118. The second kappa shape index (κ2) is 9.99. The lowest BCUT2D eigenvalue weighted by Gasteiger charge is -2.33. The van der Waals surface area contributed by atoms with Crippen LogP contribution in [0.2, 0.25) is 0 Å². The third-order valence-corrected chi connectivity index (χ3v) is 10.5. The number of carboxylic acids is 1. The van der Waals surface area contributed by atoms with E-state index in [-0.39, 0.29) is 29.5 Å². The Morgan fingerprint density at radius 1 is 1.14 bits per heavy atom. The van der Waals surface area contributed by atoms with E-state index in [1.165, 1.54) is 28.8 Å². The largest absolute Gasteiger partial charge is 0.481 e. The smallest absolute Gasteiger partial charge is 0.452 e. The number of hydrogen-bond acceptors (Lipinski definition) is 7. The number of benzene rings is 1. The minimum atomic E-state index is -4.73. The molecule has 0 bridgehead atoms. The molecular formula is C30H30F3N5O5S. The van der Waals surface area contributed by atoms with Crippen LogP contribution in [0.25, 0.3) is 5.65 Å². The highest BCUT2D eigenvalue weighted by atomic mass is 32.2. The first-order valence-corrected chi connectivity index (χ1v) is 15.4. The van der Waals surface area contributed by atoms with Gasteiger partial charge < -0.3 is 9.84 Å². The molecule has 1 aromatic carbocycles. The SMILES string of the molecule is Cc1ccc(C(c2ccn3c(C(F)(F)F)nnc3c2C)C(C)(C)C(=O)O)cc1CN1CC2(CC2)Oc2ncccc2S1(=O)=O. The van der Waals surface area contributed by atoms with Gasteiger partial charge in [0.2, 0.25) is 21.7 Å². The average Bonchev–Trinajstić information content (AvgIpc) is 3.55. The van der Waals surface area contributed by atoms with Crippen LogP contribution < -0.4 is 4.74 Å². The van der Waals surface area contributed by atoms with E-state index in [1.807, 2.05) is 6.92 Å². The number of ether oxygens (including phenoxy) is 1. The lowest BCUT2D eigenvalue weighted by molar-refractivity contribution is -0.147. The van der Waals surface area contributed by atoms with Crippen LogP contribution in [-0.4, -0.2) is 55.5 Å². The molecular weight excluding hydrogens is 599 g/mol. The first-order valence-electron chi connectivity index (χ1n) is 13.9. The molecule has 232 valence electrons. The molecule has 4 aromatic rings. The molecule has 1 aliphatic heterocycles. The Morgan fingerprint density at radius 3 is 2.52 bits per heavy atom. The van der Waals surface area contributed by atoms with Crippen LogP contribution >= 0.6 is 0 Å². The van der Waals surface area contributed by atoms with E-state index in [1.54, 1.807) is 45.0 Å². The number of aryl methyl sites for hydroxylation is 2. The van der Waals surface area contributed by atoms with E-state index in [0.717, 1.165) is 9.96 Å². The number of carbonyl (C=O) groups is 1. The number of rotatable bonds is 6. The fourth-order valence-electron chi connectivity index (χ4n) is 5.92. The Hall–Kier alpha value is -4.04. The summed E-state index contributed by atoms with van der Waals surface area (Å²) in [6.07, 6.45) is -0.675. The number of hydrogen-bond donors (Lipinski definition) is 1. The summed E-state index contributed by atoms with van der Waals surface area (Å²) >= 11 is 0. The van der Waals surface area contributed by atoms with Crippen molar-refractivity contribution in [3.05, 3.63) is 82.4 Å². The van der Waals surface area contributed by atoms with Gasteiger partial charge >= 0.3 is 12.1 Å². The molecule has 14 heteroatoms. The fraction of sp³-hybridized carbons (Fsp3) is 0.400. The van der Waals surface area contributed by atoms with Crippen molar-refractivity contribution in [2.24, 2.45) is 5.41 Å². The quantitative estimate of drug-likeness (QED) is 0.312. The predicted molar refractivity (Wildman–Crippen MR) is 152 cm³/mol. The number of aliphatic carboxylic acids is 1. The maximum Gasteiger partial charge on any atom is 0.452 e. The van der Waals surface area contributed by atoms with Gasteiger partial charge in [-0.25, -0.2) is 13.4 Å². The molecule has 6 rings (SSSR count). The van der Waals surface area contributed by atoms with E-state index in [2.05, 4.69) is 15.2 Å². The van der Waals surface area contributed by atoms with Crippen molar-refractivity contribution in [3.8, 4) is 5.88 Å². The third kappa shape index (κ3) is 4.89. The van der Waals surface area contributed by atoms with Gasteiger partial charge in [0.1, 0.15) is 10.5 Å². The molecule has 4 heterocycles. The molecule has 0 radical (unpaired) electrons. The van der Waals surface area contributed by atoms with Gasteiger partial charge in [0.05, 0.1) is 12.0 Å². The number of fused-ring (bicyclic) bond motifs is 2. The normalized spacial score (nSPS) is 18.4. The Bertz CT molecular complexity index is 1920. The Kier molecular flexibility index (Phi) is 6.81. The molecule has 1 aliphatic carbocycles. The van der Waals surface area contributed by atoms with Crippen LogP contribution in [0.3, 0.4) is 0 Å². The molecule has 10 nitrogen and oxygen atoms in total. The Morgan fingerprint density at radius 2 is 1.86 bits per heavy atom. The minimum Gasteiger partial charge on any atom is -0.481 e. The van der Waals surface area contributed by atoms with Gasteiger partial charge in [0.15, 0.2) is 5.65 Å². The first kappa shape index (κ1) is 30.0. The van der Waals surface area contributed by atoms with E-state index in [0.29, 0.717) is 35.1 Å². The summed E-state index contributed by atoms with van der Waals surface area (Å²) < 4.78 is 76.5. The summed E-state index contributed by atoms with van der Waals surface area (Å²) in [5.41, 5.74) is 0.702. The van der Waals surface area contributed by atoms with Crippen LogP contribution in [0.5, 0.6) is 5.88 Å². The van der Waals surface area contributed by atoms with Crippen LogP contribution in [-0.2, 0) is 27.5 Å². The van der Waals surface area contributed by atoms with Crippen LogP contribution in [0, 0.1) is 19.3 Å². The summed E-state index contributed by atoms with van der Waals surface area (Å²) in [5.74, 6) is -3.05. The standard InChI is InChI=1S/C30H30F3N5O5S/c1-17-7-8-19(14-20(17)15-37-16-29(10-11-29)43-25-22(44(37,41)42)6-5-12-34-25)23(28(3,4)27(39)40)21-9-13-38-24(18(21)2)35-36-26(38)30(31,32)33/h5-9,12-14,23H,10-11,15-16H2,1-4H3,(H,39,40).